The van der Waals surface area contributed by atoms with Crippen molar-refractivity contribution >= 4 is 17.7 Å². The Morgan fingerprint density at radius 2 is 1.94 bits per heavy atom. The fourth-order valence-electron chi connectivity index (χ4n) is 1.41. The lowest BCUT2D eigenvalue weighted by Gasteiger charge is -2.21. The van der Waals surface area contributed by atoms with Gasteiger partial charge in [0.05, 0.1) is 13.0 Å². The Morgan fingerprint density at radius 3 is 2.50 bits per heavy atom. The van der Waals surface area contributed by atoms with Gasteiger partial charge in [-0.2, -0.15) is 0 Å². The molecule has 0 aliphatic heterocycles. The van der Waals surface area contributed by atoms with Crippen molar-refractivity contribution in [1.82, 2.24) is 0 Å². The smallest absolute Gasteiger partial charge is 0.414 e. The fraction of sp³-hybridized carbons (Fsp3) is 0.385. The van der Waals surface area contributed by atoms with E-state index in [9.17, 15) is 9.59 Å². The highest BCUT2D eigenvalue weighted by Crippen LogP contribution is 2.15. The topological polar surface area (TPSA) is 66.8 Å². The van der Waals surface area contributed by atoms with E-state index in [1.165, 1.54) is 4.90 Å². The van der Waals surface area contributed by atoms with Crippen molar-refractivity contribution in [1.29, 1.82) is 0 Å². The predicted molar refractivity (Wildman–Crippen MR) is 67.7 cm³/mol. The van der Waals surface area contributed by atoms with Crippen molar-refractivity contribution in [2.45, 2.75) is 19.8 Å². The monoisotopic (exact) mass is 251 g/mol. The van der Waals surface area contributed by atoms with Crippen molar-refractivity contribution in [2.24, 2.45) is 0 Å². The van der Waals surface area contributed by atoms with E-state index in [1.54, 1.807) is 24.3 Å². The Bertz CT molecular complexity index is 391. The van der Waals surface area contributed by atoms with Crippen LogP contribution in [-0.4, -0.2) is 30.3 Å². The number of hydrogen-bond donors (Lipinski definition) is 1. The lowest BCUT2D eigenvalue weighted by atomic mass is 10.3. The van der Waals surface area contributed by atoms with E-state index >= 15 is 0 Å². The van der Waals surface area contributed by atoms with Crippen LogP contribution in [0.5, 0.6) is 0 Å². The molecule has 1 aromatic carbocycles. The number of carboxylic acid groups (broad SMARTS) is 1. The van der Waals surface area contributed by atoms with Crippen molar-refractivity contribution in [2.75, 3.05) is 18.1 Å². The summed E-state index contributed by atoms with van der Waals surface area (Å²) in [7, 11) is 0. The van der Waals surface area contributed by atoms with Crippen LogP contribution in [0.2, 0.25) is 0 Å². The Hall–Kier alpha value is -2.04. The van der Waals surface area contributed by atoms with Crippen LogP contribution in [0.15, 0.2) is 30.3 Å². The van der Waals surface area contributed by atoms with Crippen LogP contribution in [0.4, 0.5) is 10.5 Å². The molecule has 98 valence electrons. The van der Waals surface area contributed by atoms with Gasteiger partial charge in [0.2, 0.25) is 0 Å². The molecule has 0 fully saturated rings. The summed E-state index contributed by atoms with van der Waals surface area (Å²) < 4.78 is 5.03. The van der Waals surface area contributed by atoms with E-state index in [1.807, 2.05) is 13.0 Å². The molecule has 1 rings (SSSR count). The molecule has 1 amide bonds. The quantitative estimate of drug-likeness (QED) is 0.843. The second-order valence-corrected chi connectivity index (χ2v) is 3.75. The highest BCUT2D eigenvalue weighted by atomic mass is 16.6. The van der Waals surface area contributed by atoms with E-state index in [4.69, 9.17) is 9.84 Å². The number of amides is 1. The molecule has 0 heterocycles. The van der Waals surface area contributed by atoms with Crippen molar-refractivity contribution in [3.8, 4) is 0 Å². The standard InChI is InChI=1S/C13H17NO4/c1-2-10-18-13(17)14(9-8-12(15)16)11-6-4-3-5-7-11/h3-7H,2,8-10H2,1H3,(H,15,16). The maximum Gasteiger partial charge on any atom is 0.414 e. The van der Waals surface area contributed by atoms with Gasteiger partial charge in [0.25, 0.3) is 0 Å². The predicted octanol–water partition coefficient (Wildman–Crippen LogP) is 2.51. The highest BCUT2D eigenvalue weighted by molar-refractivity contribution is 5.88. The summed E-state index contributed by atoms with van der Waals surface area (Å²) in [4.78, 5) is 23.8. The van der Waals surface area contributed by atoms with Gasteiger partial charge in [0.15, 0.2) is 0 Å². The van der Waals surface area contributed by atoms with Crippen molar-refractivity contribution in [3.05, 3.63) is 30.3 Å². The third kappa shape index (κ3) is 4.45. The molecule has 0 bridgehead atoms. The van der Waals surface area contributed by atoms with E-state index in [0.717, 1.165) is 6.42 Å². The molecule has 1 N–H and O–H groups in total. The number of carbonyl (C=O) groups is 2. The van der Waals surface area contributed by atoms with E-state index in [2.05, 4.69) is 0 Å². The van der Waals surface area contributed by atoms with Crippen LogP contribution in [-0.2, 0) is 9.53 Å². The first-order valence-corrected chi connectivity index (χ1v) is 5.86. The SMILES string of the molecule is CCCOC(=O)N(CCC(=O)O)c1ccccc1. The van der Waals surface area contributed by atoms with Gasteiger partial charge >= 0.3 is 12.1 Å². The highest BCUT2D eigenvalue weighted by Gasteiger charge is 2.17. The number of carbonyl (C=O) groups excluding carboxylic acids is 1. The summed E-state index contributed by atoms with van der Waals surface area (Å²) in [6.07, 6.45) is 0.105. The molecule has 5 nitrogen and oxygen atoms in total. The van der Waals surface area contributed by atoms with Gasteiger partial charge in [-0.25, -0.2) is 4.79 Å². The Morgan fingerprint density at radius 1 is 1.28 bits per heavy atom. The summed E-state index contributed by atoms with van der Waals surface area (Å²) >= 11 is 0. The number of hydrogen-bond acceptors (Lipinski definition) is 3. The maximum absolute atomic E-state index is 11.8. The molecule has 0 aliphatic rings. The Balaban J connectivity index is 2.74. The van der Waals surface area contributed by atoms with Crippen LogP contribution in [0.1, 0.15) is 19.8 Å². The van der Waals surface area contributed by atoms with Crippen LogP contribution in [0.3, 0.4) is 0 Å². The lowest BCUT2D eigenvalue weighted by Crippen LogP contribution is -2.33. The molecular formula is C13H17NO4. The molecule has 0 aliphatic carbocycles. The van der Waals surface area contributed by atoms with Gasteiger partial charge in [0, 0.05) is 12.2 Å². The molecule has 18 heavy (non-hydrogen) atoms. The van der Waals surface area contributed by atoms with Gasteiger partial charge in [-0.3, -0.25) is 9.69 Å². The van der Waals surface area contributed by atoms with Crippen LogP contribution < -0.4 is 4.90 Å². The van der Waals surface area contributed by atoms with Gasteiger partial charge in [-0.05, 0) is 18.6 Å². The lowest BCUT2D eigenvalue weighted by molar-refractivity contribution is -0.136. The molecule has 0 saturated heterocycles. The second-order valence-electron chi connectivity index (χ2n) is 3.75. The molecule has 0 spiro atoms. The number of para-hydroxylation sites is 1. The zero-order valence-electron chi connectivity index (χ0n) is 10.3. The van der Waals surface area contributed by atoms with Crippen molar-refractivity contribution < 1.29 is 19.4 Å². The summed E-state index contributed by atoms with van der Waals surface area (Å²) in [5.74, 6) is -0.945. The van der Waals surface area contributed by atoms with Crippen molar-refractivity contribution in [3.63, 3.8) is 0 Å². The number of nitrogens with zero attached hydrogens (tertiary/aromatic N) is 1. The van der Waals surface area contributed by atoms with Gasteiger partial charge < -0.3 is 9.84 Å². The minimum Gasteiger partial charge on any atom is -0.481 e. The molecule has 0 saturated carbocycles. The fourth-order valence-corrected chi connectivity index (χ4v) is 1.41. The molecule has 0 radical (unpaired) electrons. The first kappa shape index (κ1) is 14.0. The summed E-state index contributed by atoms with van der Waals surface area (Å²) in [6, 6.07) is 8.90. The number of ether oxygens (including phenoxy) is 1. The van der Waals surface area contributed by atoms with Gasteiger partial charge in [-0.15, -0.1) is 0 Å². The van der Waals surface area contributed by atoms with E-state index in [-0.39, 0.29) is 13.0 Å². The second kappa shape index (κ2) is 7.32. The molecule has 1 aromatic rings. The van der Waals surface area contributed by atoms with E-state index < -0.39 is 12.1 Å². The van der Waals surface area contributed by atoms with Gasteiger partial charge in [0.1, 0.15) is 0 Å². The summed E-state index contributed by atoms with van der Waals surface area (Å²) in [6.45, 7) is 2.33. The first-order chi connectivity index (χ1) is 8.65. The summed E-state index contributed by atoms with van der Waals surface area (Å²) in [5, 5.41) is 8.69. The largest absolute Gasteiger partial charge is 0.481 e. The number of aliphatic carboxylic acids is 1. The zero-order valence-corrected chi connectivity index (χ0v) is 10.3. The van der Waals surface area contributed by atoms with Crippen LogP contribution in [0.25, 0.3) is 0 Å². The van der Waals surface area contributed by atoms with Gasteiger partial charge in [-0.1, -0.05) is 25.1 Å². The van der Waals surface area contributed by atoms with Crippen LogP contribution >= 0.6 is 0 Å². The normalized spacial score (nSPS) is 9.83. The number of anilines is 1. The molecule has 0 unspecified atom stereocenters. The van der Waals surface area contributed by atoms with Crippen LogP contribution in [0, 0.1) is 0 Å². The molecule has 0 aromatic heterocycles. The summed E-state index contributed by atoms with van der Waals surface area (Å²) in [5.41, 5.74) is 0.639. The number of benzene rings is 1. The average Bonchev–Trinajstić information content (AvgIpc) is 2.37. The molecular weight excluding hydrogens is 234 g/mol. The average molecular weight is 251 g/mol. The number of carboxylic acids is 1. The minimum atomic E-state index is -0.945. The van der Waals surface area contributed by atoms with E-state index in [0.29, 0.717) is 12.3 Å². The first-order valence-electron chi connectivity index (χ1n) is 5.86. The Kier molecular flexibility index (Phi) is 5.70. The number of rotatable bonds is 6. The molecule has 0 atom stereocenters. The third-order valence-corrected chi connectivity index (χ3v) is 2.27. The Labute approximate surface area is 106 Å². The molecule has 5 heteroatoms. The maximum atomic E-state index is 11.8. The third-order valence-electron chi connectivity index (χ3n) is 2.27. The zero-order chi connectivity index (χ0) is 13.4. The minimum absolute atomic E-state index is 0.0991.